The van der Waals surface area contributed by atoms with Gasteiger partial charge in [-0.05, 0) is 48.7 Å². The van der Waals surface area contributed by atoms with Crippen LogP contribution in [0.3, 0.4) is 0 Å². The molecule has 3 rings (SSSR count). The number of rotatable bonds is 3. The third-order valence-corrected chi connectivity index (χ3v) is 3.52. The number of hydrogen-bond donors (Lipinski definition) is 1. The van der Waals surface area contributed by atoms with Gasteiger partial charge in [-0.1, -0.05) is 0 Å². The molecule has 96 valence electrons. The molecular formula is C13H17BrN4. The lowest BCUT2D eigenvalue weighted by molar-refractivity contribution is 0.430. The van der Waals surface area contributed by atoms with Gasteiger partial charge in [0.1, 0.15) is 11.3 Å². The monoisotopic (exact) mass is 308 g/mol. The Hall–Kier alpha value is -0.940. The average Bonchev–Trinajstić information content (AvgIpc) is 3.02. The fourth-order valence-corrected chi connectivity index (χ4v) is 2.54. The first-order chi connectivity index (χ1) is 8.44. The van der Waals surface area contributed by atoms with Crippen LogP contribution in [-0.4, -0.2) is 20.1 Å². The van der Waals surface area contributed by atoms with Gasteiger partial charge in [0.05, 0.1) is 0 Å². The van der Waals surface area contributed by atoms with E-state index >= 15 is 0 Å². The average molecular weight is 309 g/mol. The third-order valence-electron chi connectivity index (χ3n) is 3.09. The lowest BCUT2D eigenvalue weighted by atomic mass is 10.1. The summed E-state index contributed by atoms with van der Waals surface area (Å²) in [4.78, 5) is 9.23. The lowest BCUT2D eigenvalue weighted by Gasteiger charge is -2.20. The van der Waals surface area contributed by atoms with Crippen LogP contribution in [0, 0.1) is 0 Å². The molecule has 0 bridgehead atoms. The number of hydrogen-bond acceptors (Lipinski definition) is 3. The van der Waals surface area contributed by atoms with E-state index in [9.17, 15) is 0 Å². The number of fused-ring (bicyclic) bond motifs is 1. The van der Waals surface area contributed by atoms with Gasteiger partial charge < -0.3 is 10.3 Å². The van der Waals surface area contributed by atoms with Crippen LogP contribution in [0.2, 0.25) is 0 Å². The van der Waals surface area contributed by atoms with Crippen LogP contribution in [0.4, 0.5) is 0 Å². The summed E-state index contributed by atoms with van der Waals surface area (Å²) in [7, 11) is 0. The Morgan fingerprint density at radius 1 is 1.50 bits per heavy atom. The maximum Gasteiger partial charge on any atom is 0.160 e. The first kappa shape index (κ1) is 12.1. The summed E-state index contributed by atoms with van der Waals surface area (Å²) in [6.07, 6.45) is 4.28. The third kappa shape index (κ3) is 2.29. The molecule has 2 N–H and O–H groups in total. The maximum atomic E-state index is 6.15. The summed E-state index contributed by atoms with van der Waals surface area (Å²) >= 11 is 3.44. The summed E-state index contributed by atoms with van der Waals surface area (Å²) in [6.45, 7) is 4.83. The molecule has 2 heterocycles. The van der Waals surface area contributed by atoms with Crippen molar-refractivity contribution in [3.63, 3.8) is 0 Å². The highest BCUT2D eigenvalue weighted by atomic mass is 79.9. The van der Waals surface area contributed by atoms with Crippen LogP contribution < -0.4 is 5.73 Å². The molecule has 2 aromatic rings. The molecule has 5 heteroatoms. The van der Waals surface area contributed by atoms with Crippen molar-refractivity contribution in [1.29, 1.82) is 0 Å². The summed E-state index contributed by atoms with van der Waals surface area (Å²) < 4.78 is 3.16. The Bertz CT molecular complexity index is 593. The summed E-state index contributed by atoms with van der Waals surface area (Å²) in [5.41, 5.74) is 7.79. The van der Waals surface area contributed by atoms with Gasteiger partial charge >= 0.3 is 0 Å². The van der Waals surface area contributed by atoms with Crippen molar-refractivity contribution in [2.45, 2.75) is 44.7 Å². The molecule has 0 amide bonds. The van der Waals surface area contributed by atoms with Gasteiger partial charge in [-0.2, -0.15) is 0 Å². The standard InChI is InChI=1S/C13H17BrN4/c1-13(2,15)7-18-11(8-3-4-8)17-10-5-9(14)6-16-12(10)18/h5-6,8H,3-4,7,15H2,1-2H3. The fraction of sp³-hybridized carbons (Fsp3) is 0.538. The van der Waals surface area contributed by atoms with Gasteiger partial charge in [0.25, 0.3) is 0 Å². The number of nitrogens with two attached hydrogens (primary N) is 1. The van der Waals surface area contributed by atoms with E-state index in [1.807, 2.05) is 26.1 Å². The van der Waals surface area contributed by atoms with Crippen LogP contribution in [0.1, 0.15) is 38.4 Å². The highest BCUT2D eigenvalue weighted by molar-refractivity contribution is 9.10. The minimum absolute atomic E-state index is 0.258. The molecule has 18 heavy (non-hydrogen) atoms. The summed E-state index contributed by atoms with van der Waals surface area (Å²) in [5.74, 6) is 1.74. The molecule has 0 atom stereocenters. The largest absolute Gasteiger partial charge is 0.324 e. The van der Waals surface area contributed by atoms with E-state index in [0.29, 0.717) is 5.92 Å². The van der Waals surface area contributed by atoms with Crippen molar-refractivity contribution in [1.82, 2.24) is 14.5 Å². The second kappa shape index (κ2) is 4.03. The predicted molar refractivity (Wildman–Crippen MR) is 75.5 cm³/mol. The Labute approximate surface area is 115 Å². The molecule has 0 aliphatic heterocycles. The molecule has 0 spiro atoms. The minimum Gasteiger partial charge on any atom is -0.324 e. The zero-order chi connectivity index (χ0) is 12.9. The summed E-state index contributed by atoms with van der Waals surface area (Å²) in [5, 5.41) is 0. The van der Waals surface area contributed by atoms with Gasteiger partial charge in [0.2, 0.25) is 0 Å². The second-order valence-electron chi connectivity index (χ2n) is 5.82. The fourth-order valence-electron chi connectivity index (χ4n) is 2.22. The zero-order valence-corrected chi connectivity index (χ0v) is 12.2. The van der Waals surface area contributed by atoms with Crippen LogP contribution in [-0.2, 0) is 6.54 Å². The first-order valence-corrected chi connectivity index (χ1v) is 7.04. The first-order valence-electron chi connectivity index (χ1n) is 6.24. The van der Waals surface area contributed by atoms with E-state index in [4.69, 9.17) is 10.7 Å². The van der Waals surface area contributed by atoms with Crippen LogP contribution in [0.5, 0.6) is 0 Å². The Balaban J connectivity index is 2.15. The van der Waals surface area contributed by atoms with E-state index in [1.165, 1.54) is 12.8 Å². The Morgan fingerprint density at radius 2 is 2.22 bits per heavy atom. The zero-order valence-electron chi connectivity index (χ0n) is 10.7. The van der Waals surface area contributed by atoms with Crippen LogP contribution in [0.25, 0.3) is 11.2 Å². The number of imidazole rings is 1. The molecule has 1 saturated carbocycles. The van der Waals surface area contributed by atoms with Crippen molar-refractivity contribution >= 4 is 27.1 Å². The van der Waals surface area contributed by atoms with Gasteiger partial charge in [-0.3, -0.25) is 0 Å². The minimum atomic E-state index is -0.258. The Morgan fingerprint density at radius 3 is 2.83 bits per heavy atom. The van der Waals surface area contributed by atoms with Crippen LogP contribution in [0.15, 0.2) is 16.7 Å². The quantitative estimate of drug-likeness (QED) is 0.948. The van der Waals surface area contributed by atoms with Gasteiger partial charge in [-0.15, -0.1) is 0 Å². The Kier molecular flexibility index (Phi) is 2.71. The van der Waals surface area contributed by atoms with E-state index < -0.39 is 0 Å². The number of nitrogens with zero attached hydrogens (tertiary/aromatic N) is 3. The predicted octanol–water partition coefficient (Wildman–Crippen LogP) is 2.81. The number of aromatic nitrogens is 3. The highest BCUT2D eigenvalue weighted by Crippen LogP contribution is 2.40. The molecule has 4 nitrogen and oxygen atoms in total. The lowest BCUT2D eigenvalue weighted by Crippen LogP contribution is -2.37. The molecule has 2 aromatic heterocycles. The van der Waals surface area contributed by atoms with E-state index in [2.05, 4.69) is 25.5 Å². The second-order valence-corrected chi connectivity index (χ2v) is 6.73. The van der Waals surface area contributed by atoms with Crippen molar-refractivity contribution in [3.05, 3.63) is 22.6 Å². The smallest absolute Gasteiger partial charge is 0.160 e. The number of halogens is 1. The normalized spacial score (nSPS) is 16.4. The molecule has 0 radical (unpaired) electrons. The van der Waals surface area contributed by atoms with Crippen molar-refractivity contribution in [2.75, 3.05) is 0 Å². The molecule has 1 aliphatic carbocycles. The molecule has 1 aliphatic rings. The van der Waals surface area contributed by atoms with Crippen molar-refractivity contribution < 1.29 is 0 Å². The van der Waals surface area contributed by atoms with Gasteiger partial charge in [0, 0.05) is 28.7 Å². The van der Waals surface area contributed by atoms with E-state index in [0.717, 1.165) is 28.0 Å². The van der Waals surface area contributed by atoms with E-state index in [-0.39, 0.29) is 5.54 Å². The van der Waals surface area contributed by atoms with Crippen molar-refractivity contribution in [2.24, 2.45) is 5.73 Å². The van der Waals surface area contributed by atoms with Crippen molar-refractivity contribution in [3.8, 4) is 0 Å². The van der Waals surface area contributed by atoms with E-state index in [1.54, 1.807) is 0 Å². The topological polar surface area (TPSA) is 56.7 Å². The molecule has 0 aromatic carbocycles. The molecule has 0 unspecified atom stereocenters. The molecular weight excluding hydrogens is 292 g/mol. The SMILES string of the molecule is CC(C)(N)Cn1c(C2CC2)nc2cc(Br)cnc21. The molecule has 0 saturated heterocycles. The molecule has 1 fully saturated rings. The summed E-state index contributed by atoms with van der Waals surface area (Å²) in [6, 6.07) is 2.02. The van der Waals surface area contributed by atoms with Crippen LogP contribution >= 0.6 is 15.9 Å². The maximum absolute atomic E-state index is 6.15. The highest BCUT2D eigenvalue weighted by Gasteiger charge is 2.31. The number of pyridine rings is 1. The van der Waals surface area contributed by atoms with Gasteiger partial charge in [0.15, 0.2) is 5.65 Å². The van der Waals surface area contributed by atoms with Gasteiger partial charge in [-0.25, -0.2) is 9.97 Å².